The first-order chi connectivity index (χ1) is 19.6. The van der Waals surface area contributed by atoms with Gasteiger partial charge in [0.05, 0.1) is 23.2 Å². The molecule has 2 saturated heterocycles. The van der Waals surface area contributed by atoms with E-state index in [1.807, 2.05) is 0 Å². The molecule has 2 aromatic carbocycles. The third-order valence-corrected chi connectivity index (χ3v) is 8.70. The highest BCUT2D eigenvalue weighted by atomic mass is 19.4. The average Bonchev–Trinajstić information content (AvgIpc) is 3.34. The lowest BCUT2D eigenvalue weighted by atomic mass is 9.90. The first-order valence-electron chi connectivity index (χ1n) is 14.1. The molecule has 2 aliphatic rings. The number of benzene rings is 2. The summed E-state index contributed by atoms with van der Waals surface area (Å²) in [4.78, 5) is 21.4. The Balaban J connectivity index is 1.63. The zero-order chi connectivity index (χ0) is 31.0. The van der Waals surface area contributed by atoms with Crippen LogP contribution in [0.15, 0.2) is 36.4 Å². The standard InChI is InChI=1S/C30H37F7N4O/c1-5-39-10-12-40(13-11-39)18-21-8-9-41(27(21)26-7-6-25(31)14-19(26)2)28(42)38(4)20(3)22-15-23(29(32,33)34)17-24(16-22)30(35,36)37/h6-7,14-17,20-21,27H,5,8-13,18H2,1-4H3/t20-,21+,27-/m0/s1. The van der Waals surface area contributed by atoms with Gasteiger partial charge in [0.2, 0.25) is 0 Å². The Hall–Kier alpha value is -2.86. The van der Waals surface area contributed by atoms with E-state index in [1.165, 1.54) is 31.0 Å². The van der Waals surface area contributed by atoms with Gasteiger partial charge in [-0.3, -0.25) is 0 Å². The number of hydrogen-bond acceptors (Lipinski definition) is 3. The van der Waals surface area contributed by atoms with Gasteiger partial charge in [-0.05, 0) is 79.8 Å². The normalized spacial score (nSPS) is 21.5. The predicted octanol–water partition coefficient (Wildman–Crippen LogP) is 6.99. The zero-order valence-electron chi connectivity index (χ0n) is 24.2. The second kappa shape index (κ2) is 12.4. The minimum Gasteiger partial charge on any atom is -0.321 e. The quantitative estimate of drug-likeness (QED) is 0.334. The minimum atomic E-state index is -4.99. The molecule has 2 amide bonds. The fourth-order valence-corrected chi connectivity index (χ4v) is 6.09. The van der Waals surface area contributed by atoms with E-state index in [2.05, 4.69) is 16.7 Å². The number of alkyl halides is 6. The molecule has 0 N–H and O–H groups in total. The molecule has 2 fully saturated rings. The molecule has 0 bridgehead atoms. The number of piperazine rings is 1. The van der Waals surface area contributed by atoms with Crippen LogP contribution in [0.2, 0.25) is 0 Å². The summed E-state index contributed by atoms with van der Waals surface area (Å²) >= 11 is 0. The summed E-state index contributed by atoms with van der Waals surface area (Å²) in [6, 6.07) is 3.78. The van der Waals surface area contributed by atoms with Crippen LogP contribution in [0, 0.1) is 18.7 Å². The van der Waals surface area contributed by atoms with Gasteiger partial charge in [0.15, 0.2) is 0 Å². The van der Waals surface area contributed by atoms with E-state index >= 15 is 0 Å². The molecule has 0 spiro atoms. The van der Waals surface area contributed by atoms with E-state index in [4.69, 9.17) is 0 Å². The molecular weight excluding hydrogens is 565 g/mol. The van der Waals surface area contributed by atoms with Crippen LogP contribution in [-0.4, -0.2) is 78.5 Å². The van der Waals surface area contributed by atoms with Crippen LogP contribution in [0.5, 0.6) is 0 Å². The van der Waals surface area contributed by atoms with Crippen molar-refractivity contribution in [2.45, 2.75) is 51.6 Å². The van der Waals surface area contributed by atoms with Crippen molar-refractivity contribution in [1.29, 1.82) is 0 Å². The first kappa shape index (κ1) is 32.1. The largest absolute Gasteiger partial charge is 0.416 e. The highest BCUT2D eigenvalue weighted by molar-refractivity contribution is 5.76. The zero-order valence-corrected chi connectivity index (χ0v) is 24.2. The number of nitrogens with zero attached hydrogens (tertiary/aromatic N) is 4. The lowest BCUT2D eigenvalue weighted by molar-refractivity contribution is -0.143. The predicted molar refractivity (Wildman–Crippen MR) is 145 cm³/mol. The van der Waals surface area contributed by atoms with Crippen molar-refractivity contribution in [3.8, 4) is 0 Å². The molecule has 2 aromatic rings. The summed E-state index contributed by atoms with van der Waals surface area (Å²) in [6.45, 7) is 11.0. The second-order valence-corrected chi connectivity index (χ2v) is 11.3. The van der Waals surface area contributed by atoms with Crippen molar-refractivity contribution in [2.24, 2.45) is 5.92 Å². The number of carbonyl (C=O) groups is 1. The van der Waals surface area contributed by atoms with Gasteiger partial charge in [-0.15, -0.1) is 0 Å². The van der Waals surface area contributed by atoms with Gasteiger partial charge >= 0.3 is 18.4 Å². The summed E-state index contributed by atoms with van der Waals surface area (Å²) in [7, 11) is 1.38. The molecular formula is C30H37F7N4O. The minimum absolute atomic E-state index is 0.0142. The molecule has 0 unspecified atom stereocenters. The monoisotopic (exact) mass is 602 g/mol. The van der Waals surface area contributed by atoms with E-state index in [9.17, 15) is 35.5 Å². The summed E-state index contributed by atoms with van der Waals surface area (Å²) in [5.74, 6) is -0.393. The van der Waals surface area contributed by atoms with Gasteiger partial charge in [-0.25, -0.2) is 9.18 Å². The average molecular weight is 603 g/mol. The lowest BCUT2D eigenvalue weighted by Gasteiger charge is -2.38. The number of rotatable bonds is 6. The number of amides is 2. The van der Waals surface area contributed by atoms with Crippen LogP contribution < -0.4 is 0 Å². The fraction of sp³-hybridized carbons (Fsp3) is 0.567. The van der Waals surface area contributed by atoms with Crippen molar-refractivity contribution >= 4 is 6.03 Å². The van der Waals surface area contributed by atoms with Crippen LogP contribution in [0.25, 0.3) is 0 Å². The lowest BCUT2D eigenvalue weighted by Crippen LogP contribution is -2.48. The highest BCUT2D eigenvalue weighted by Crippen LogP contribution is 2.42. The Morgan fingerprint density at radius 1 is 0.929 bits per heavy atom. The number of likely N-dealkylation sites (tertiary alicyclic amines) is 1. The van der Waals surface area contributed by atoms with Crippen LogP contribution in [-0.2, 0) is 12.4 Å². The fourth-order valence-electron chi connectivity index (χ4n) is 6.09. The summed E-state index contributed by atoms with van der Waals surface area (Å²) in [5.41, 5.74) is -1.68. The van der Waals surface area contributed by atoms with Crippen molar-refractivity contribution in [1.82, 2.24) is 19.6 Å². The van der Waals surface area contributed by atoms with Gasteiger partial charge in [-0.2, -0.15) is 26.3 Å². The maximum atomic E-state index is 14.0. The van der Waals surface area contributed by atoms with Crippen molar-refractivity contribution < 1.29 is 35.5 Å². The van der Waals surface area contributed by atoms with Gasteiger partial charge in [0.25, 0.3) is 0 Å². The molecule has 12 heteroatoms. The third-order valence-electron chi connectivity index (χ3n) is 8.70. The summed E-state index contributed by atoms with van der Waals surface area (Å²) < 4.78 is 95.0. The molecule has 5 nitrogen and oxygen atoms in total. The molecule has 0 saturated carbocycles. The number of aryl methyl sites for hydroxylation is 1. The van der Waals surface area contributed by atoms with Crippen LogP contribution in [0.1, 0.15) is 60.2 Å². The van der Waals surface area contributed by atoms with Crippen molar-refractivity contribution in [2.75, 3.05) is 52.9 Å². The molecule has 0 aliphatic carbocycles. The summed E-state index contributed by atoms with van der Waals surface area (Å²) in [5, 5.41) is 0. The Morgan fingerprint density at radius 2 is 1.50 bits per heavy atom. The van der Waals surface area contributed by atoms with E-state index in [0.717, 1.165) is 38.3 Å². The van der Waals surface area contributed by atoms with Crippen LogP contribution in [0.3, 0.4) is 0 Å². The summed E-state index contributed by atoms with van der Waals surface area (Å²) in [6.07, 6.45) is -9.33. The molecule has 0 radical (unpaired) electrons. The Bertz CT molecular complexity index is 1220. The van der Waals surface area contributed by atoms with E-state index in [0.29, 0.717) is 37.2 Å². The molecule has 3 atom stereocenters. The number of urea groups is 1. The van der Waals surface area contributed by atoms with Crippen LogP contribution >= 0.6 is 0 Å². The Labute approximate surface area is 241 Å². The van der Waals surface area contributed by atoms with Crippen molar-refractivity contribution in [3.63, 3.8) is 0 Å². The molecule has 4 rings (SSSR count). The van der Waals surface area contributed by atoms with Gasteiger partial charge in [-0.1, -0.05) is 13.0 Å². The maximum absolute atomic E-state index is 14.0. The Kier molecular flexibility index (Phi) is 9.46. The SMILES string of the molecule is CCN1CCN(C[C@H]2CCN(C(=O)N(C)[C@@H](C)c3cc(C(F)(F)F)cc(C(F)(F)F)c3)[C@@H]2c2ccc(F)cc2C)CC1. The topological polar surface area (TPSA) is 30.0 Å². The highest BCUT2D eigenvalue weighted by Gasteiger charge is 2.42. The van der Waals surface area contributed by atoms with E-state index in [-0.39, 0.29) is 17.5 Å². The molecule has 232 valence electrons. The molecule has 2 aliphatic heterocycles. The number of likely N-dealkylation sites (N-methyl/N-ethyl adjacent to an activating group) is 1. The van der Waals surface area contributed by atoms with Crippen molar-refractivity contribution in [3.05, 3.63) is 70.0 Å². The molecule has 42 heavy (non-hydrogen) atoms. The van der Waals surface area contributed by atoms with E-state index < -0.39 is 47.4 Å². The van der Waals surface area contributed by atoms with Gasteiger partial charge in [0, 0.05) is 46.3 Å². The number of halogens is 7. The first-order valence-corrected chi connectivity index (χ1v) is 14.1. The number of hydrogen-bond donors (Lipinski definition) is 0. The smallest absolute Gasteiger partial charge is 0.321 e. The molecule has 2 heterocycles. The number of carbonyl (C=O) groups excluding carboxylic acids is 1. The Morgan fingerprint density at radius 3 is 2.02 bits per heavy atom. The van der Waals surface area contributed by atoms with Crippen LogP contribution in [0.4, 0.5) is 35.5 Å². The third kappa shape index (κ3) is 7.02. The van der Waals surface area contributed by atoms with E-state index in [1.54, 1.807) is 17.9 Å². The maximum Gasteiger partial charge on any atom is 0.416 e. The molecule has 0 aromatic heterocycles. The van der Waals surface area contributed by atoms with Gasteiger partial charge < -0.3 is 19.6 Å². The second-order valence-electron chi connectivity index (χ2n) is 11.3. The van der Waals surface area contributed by atoms with Gasteiger partial charge in [0.1, 0.15) is 5.82 Å².